The molecule has 1 heterocycles. The number of hydrogen-bond acceptors (Lipinski definition) is 9. The van der Waals surface area contributed by atoms with Gasteiger partial charge in [0, 0.05) is 23.8 Å². The molecule has 0 aliphatic carbocycles. The van der Waals surface area contributed by atoms with E-state index in [1.54, 1.807) is 18.2 Å². The third-order valence-electron chi connectivity index (χ3n) is 6.83. The summed E-state index contributed by atoms with van der Waals surface area (Å²) in [6.45, 7) is 4.66. The fourth-order valence-electron chi connectivity index (χ4n) is 4.66. The van der Waals surface area contributed by atoms with Crippen molar-refractivity contribution in [3.05, 3.63) is 134 Å². The minimum Gasteiger partial charge on any atom is -0.490 e. The molecule has 43 heavy (non-hydrogen) atoms. The monoisotopic (exact) mass is 577 g/mol. The van der Waals surface area contributed by atoms with Gasteiger partial charge in [0.15, 0.2) is 11.5 Å². The Morgan fingerprint density at radius 2 is 1.74 bits per heavy atom. The maximum Gasteiger partial charge on any atom is 0.343 e. The largest absolute Gasteiger partial charge is 0.490 e. The molecular formula is C33H27N3O7. The Labute approximate surface area is 247 Å². The Kier molecular flexibility index (Phi) is 8.25. The Balaban J connectivity index is 1.42. The van der Waals surface area contributed by atoms with Gasteiger partial charge in [0.05, 0.1) is 23.0 Å². The van der Waals surface area contributed by atoms with Gasteiger partial charge in [0.2, 0.25) is 5.88 Å². The van der Waals surface area contributed by atoms with Crippen molar-refractivity contribution in [1.29, 1.82) is 5.26 Å². The summed E-state index contributed by atoms with van der Waals surface area (Å²) in [5.41, 5.74) is 9.94. The van der Waals surface area contributed by atoms with Crippen molar-refractivity contribution in [2.75, 3.05) is 6.61 Å². The van der Waals surface area contributed by atoms with Crippen molar-refractivity contribution in [3.63, 3.8) is 0 Å². The number of rotatable bonds is 9. The van der Waals surface area contributed by atoms with Gasteiger partial charge in [-0.25, -0.2) is 4.79 Å². The number of nitrogens with two attached hydrogens (primary N) is 1. The van der Waals surface area contributed by atoms with Gasteiger partial charge in [0.25, 0.3) is 5.69 Å². The maximum absolute atomic E-state index is 12.7. The number of aryl methyl sites for hydroxylation is 1. The molecule has 0 aromatic heterocycles. The van der Waals surface area contributed by atoms with Crippen LogP contribution in [0.2, 0.25) is 0 Å². The number of carbonyl (C=O) groups excluding carboxylic acids is 1. The van der Waals surface area contributed by atoms with Crippen molar-refractivity contribution in [1.82, 2.24) is 0 Å². The van der Waals surface area contributed by atoms with E-state index < -0.39 is 16.8 Å². The van der Waals surface area contributed by atoms with Crippen molar-refractivity contribution < 1.29 is 28.7 Å². The van der Waals surface area contributed by atoms with Crippen molar-refractivity contribution in [3.8, 4) is 29.1 Å². The van der Waals surface area contributed by atoms with Crippen LogP contribution in [0.15, 0.2) is 96.4 Å². The van der Waals surface area contributed by atoms with Gasteiger partial charge in [0.1, 0.15) is 29.7 Å². The summed E-state index contributed by atoms with van der Waals surface area (Å²) < 4.78 is 23.2. The number of esters is 1. The molecule has 0 radical (unpaired) electrons. The number of nitro benzene ring substituents is 1. The van der Waals surface area contributed by atoms with E-state index in [-0.39, 0.29) is 28.5 Å². The molecule has 0 spiro atoms. The van der Waals surface area contributed by atoms with Crippen molar-refractivity contribution in [2.45, 2.75) is 26.4 Å². The first-order chi connectivity index (χ1) is 20.8. The van der Waals surface area contributed by atoms with Crippen LogP contribution in [0.25, 0.3) is 0 Å². The van der Waals surface area contributed by atoms with Crippen LogP contribution >= 0.6 is 0 Å². The first-order valence-corrected chi connectivity index (χ1v) is 13.4. The van der Waals surface area contributed by atoms with Crippen LogP contribution in [0.3, 0.4) is 0 Å². The summed E-state index contributed by atoms with van der Waals surface area (Å²) in [4.78, 5) is 23.0. The second kappa shape index (κ2) is 12.4. The average Bonchev–Trinajstić information content (AvgIpc) is 3.00. The number of hydrogen-bond donors (Lipinski definition) is 1. The first-order valence-electron chi connectivity index (χ1n) is 13.4. The van der Waals surface area contributed by atoms with E-state index in [0.717, 1.165) is 16.7 Å². The van der Waals surface area contributed by atoms with Crippen molar-refractivity contribution >= 4 is 11.7 Å². The molecule has 0 bridgehead atoms. The fourth-order valence-corrected chi connectivity index (χ4v) is 4.66. The van der Waals surface area contributed by atoms with Crippen LogP contribution in [-0.2, 0) is 6.61 Å². The minimum atomic E-state index is -0.703. The number of nitrogens with zero attached hydrogens (tertiary/aromatic N) is 2. The highest BCUT2D eigenvalue weighted by atomic mass is 16.6. The van der Waals surface area contributed by atoms with E-state index in [0.29, 0.717) is 36.0 Å². The topological polar surface area (TPSA) is 147 Å². The molecule has 1 atom stereocenters. The molecule has 216 valence electrons. The third kappa shape index (κ3) is 6.26. The van der Waals surface area contributed by atoms with E-state index in [2.05, 4.69) is 6.07 Å². The van der Waals surface area contributed by atoms with Gasteiger partial charge in [-0.15, -0.1) is 0 Å². The summed E-state index contributed by atoms with van der Waals surface area (Å²) in [6, 6.07) is 25.6. The molecule has 0 saturated carbocycles. The van der Waals surface area contributed by atoms with E-state index in [9.17, 15) is 20.2 Å². The number of fused-ring (bicyclic) bond motifs is 1. The van der Waals surface area contributed by atoms with Crippen LogP contribution < -0.4 is 24.7 Å². The standard InChI is InChI=1S/C33H27N3O7/c1-3-40-30-16-23(10-15-28(30)41-19-21-6-4-20(2)5-7-21)31-26-14-13-25(17-29(26)43-32(35)27(31)18-34)42-33(37)22-8-11-24(12-9-22)36(38)39/h4-17,31H,3,19,35H2,1-2H3. The normalized spacial score (nSPS) is 13.7. The maximum atomic E-state index is 12.7. The minimum absolute atomic E-state index is 0.0727. The van der Waals surface area contributed by atoms with Gasteiger partial charge in [-0.2, -0.15) is 5.26 Å². The molecular weight excluding hydrogens is 550 g/mol. The van der Waals surface area contributed by atoms with E-state index >= 15 is 0 Å². The Morgan fingerprint density at radius 3 is 2.42 bits per heavy atom. The zero-order chi connectivity index (χ0) is 30.5. The molecule has 0 fully saturated rings. The van der Waals surface area contributed by atoms with Gasteiger partial charge in [-0.1, -0.05) is 42.0 Å². The number of non-ortho nitro benzene ring substituents is 1. The Bertz CT molecular complexity index is 1760. The SMILES string of the molecule is CCOc1cc(C2C(C#N)=C(N)Oc3cc(OC(=O)c4ccc([N+](=O)[O-])cc4)ccc32)ccc1OCc1ccc(C)cc1. The smallest absolute Gasteiger partial charge is 0.343 e. The molecule has 1 aliphatic heterocycles. The fraction of sp³-hybridized carbons (Fsp3) is 0.152. The Hall–Kier alpha value is -5.82. The predicted molar refractivity (Wildman–Crippen MR) is 157 cm³/mol. The molecule has 0 amide bonds. The molecule has 5 rings (SSSR count). The second-order valence-corrected chi connectivity index (χ2v) is 9.73. The van der Waals surface area contributed by atoms with E-state index in [4.69, 9.17) is 24.7 Å². The number of allylic oxidation sites excluding steroid dienone is 1. The van der Waals surface area contributed by atoms with Crippen molar-refractivity contribution in [2.24, 2.45) is 5.73 Å². The molecule has 0 saturated heterocycles. The molecule has 1 aliphatic rings. The Morgan fingerprint density at radius 1 is 1.00 bits per heavy atom. The predicted octanol–water partition coefficient (Wildman–Crippen LogP) is 6.32. The highest BCUT2D eigenvalue weighted by Crippen LogP contribution is 2.45. The van der Waals surface area contributed by atoms with E-state index in [1.807, 2.05) is 50.2 Å². The van der Waals surface area contributed by atoms with Gasteiger partial charge in [-0.05, 0) is 55.3 Å². The zero-order valence-electron chi connectivity index (χ0n) is 23.4. The highest BCUT2D eigenvalue weighted by molar-refractivity contribution is 5.91. The lowest BCUT2D eigenvalue weighted by Gasteiger charge is -2.27. The van der Waals surface area contributed by atoms with E-state index in [1.165, 1.54) is 30.3 Å². The molecule has 2 N–H and O–H groups in total. The summed E-state index contributed by atoms with van der Waals surface area (Å²) in [5.74, 6) is 0.199. The van der Waals surface area contributed by atoms with Crippen LogP contribution in [0.4, 0.5) is 5.69 Å². The quantitative estimate of drug-likeness (QED) is 0.104. The zero-order valence-corrected chi connectivity index (χ0v) is 23.4. The summed E-state index contributed by atoms with van der Waals surface area (Å²) >= 11 is 0. The number of nitro groups is 1. The molecule has 1 unspecified atom stereocenters. The number of carbonyl (C=O) groups is 1. The average molecular weight is 578 g/mol. The van der Waals surface area contributed by atoms with Crippen LogP contribution in [0.5, 0.6) is 23.0 Å². The highest BCUT2D eigenvalue weighted by Gasteiger charge is 2.32. The lowest BCUT2D eigenvalue weighted by Crippen LogP contribution is -2.21. The van der Waals surface area contributed by atoms with Gasteiger partial charge < -0.3 is 24.7 Å². The van der Waals surface area contributed by atoms with Crippen LogP contribution in [-0.4, -0.2) is 17.5 Å². The number of benzene rings is 4. The molecule has 4 aromatic rings. The first kappa shape index (κ1) is 28.7. The second-order valence-electron chi connectivity index (χ2n) is 9.73. The lowest BCUT2D eigenvalue weighted by atomic mass is 9.83. The molecule has 10 heteroatoms. The van der Waals surface area contributed by atoms with Gasteiger partial charge in [-0.3, -0.25) is 10.1 Å². The molecule has 4 aromatic carbocycles. The van der Waals surface area contributed by atoms with Gasteiger partial charge >= 0.3 is 5.97 Å². The summed E-state index contributed by atoms with van der Waals surface area (Å²) in [5, 5.41) is 20.9. The number of nitriles is 1. The lowest BCUT2D eigenvalue weighted by molar-refractivity contribution is -0.384. The number of ether oxygens (including phenoxy) is 4. The summed E-state index contributed by atoms with van der Waals surface area (Å²) in [7, 11) is 0. The van der Waals surface area contributed by atoms with Crippen LogP contribution in [0, 0.1) is 28.4 Å². The molecule has 10 nitrogen and oxygen atoms in total. The van der Waals surface area contributed by atoms with Crippen LogP contribution in [0.1, 0.15) is 45.5 Å². The third-order valence-corrected chi connectivity index (χ3v) is 6.83. The summed E-state index contributed by atoms with van der Waals surface area (Å²) in [6.07, 6.45) is 0.